The fourth-order valence-corrected chi connectivity index (χ4v) is 2.47. The van der Waals surface area contributed by atoms with Crippen molar-refractivity contribution < 1.29 is 19.1 Å². The number of carbonyl (C=O) groups is 3. The Kier molecular flexibility index (Phi) is 6.74. The zero-order valence-corrected chi connectivity index (χ0v) is 15.2. The number of benzene rings is 2. The Balaban J connectivity index is 2.03. The van der Waals surface area contributed by atoms with Crippen LogP contribution in [-0.4, -0.2) is 17.8 Å². The summed E-state index contributed by atoms with van der Waals surface area (Å²) in [6.07, 6.45) is -0.0331. The molecular weight excluding hydrogens is 356 g/mol. The van der Waals surface area contributed by atoms with Crippen molar-refractivity contribution in [2.45, 2.75) is 26.3 Å². The Labute approximate surface area is 156 Å². The number of halogens is 1. The van der Waals surface area contributed by atoms with E-state index in [1.165, 1.54) is 13.8 Å². The Morgan fingerprint density at radius 1 is 0.962 bits per heavy atom. The van der Waals surface area contributed by atoms with E-state index in [0.29, 0.717) is 16.5 Å². The fourth-order valence-electron chi connectivity index (χ4n) is 2.34. The third kappa shape index (κ3) is 6.22. The van der Waals surface area contributed by atoms with Gasteiger partial charge in [-0.2, -0.15) is 0 Å². The first-order valence-corrected chi connectivity index (χ1v) is 8.32. The number of carbonyl (C=O) groups excluding carboxylic acids is 3. The van der Waals surface area contributed by atoms with Gasteiger partial charge in [0.1, 0.15) is 5.75 Å². The number of ether oxygens (including phenoxy) is 1. The van der Waals surface area contributed by atoms with Gasteiger partial charge >= 0.3 is 5.97 Å². The highest BCUT2D eigenvalue weighted by Gasteiger charge is 2.18. The van der Waals surface area contributed by atoms with E-state index in [9.17, 15) is 14.4 Å². The highest BCUT2D eigenvalue weighted by Crippen LogP contribution is 2.22. The van der Waals surface area contributed by atoms with Crippen LogP contribution in [0.25, 0.3) is 0 Å². The first-order valence-electron chi connectivity index (χ1n) is 7.94. The van der Waals surface area contributed by atoms with Gasteiger partial charge in [-0.05, 0) is 42.0 Å². The van der Waals surface area contributed by atoms with E-state index in [-0.39, 0.29) is 18.2 Å². The topological polar surface area (TPSA) is 84.5 Å². The van der Waals surface area contributed by atoms with Crippen LogP contribution in [0.15, 0.2) is 48.5 Å². The highest BCUT2D eigenvalue weighted by molar-refractivity contribution is 6.30. The van der Waals surface area contributed by atoms with Crippen molar-refractivity contribution in [3.05, 3.63) is 59.1 Å². The average Bonchev–Trinajstić information content (AvgIpc) is 2.56. The summed E-state index contributed by atoms with van der Waals surface area (Å²) in [7, 11) is 0. The molecule has 136 valence electrons. The standard InChI is InChI=1S/C19H19ClN2O4/c1-12(23)21-16-7-9-17(10-8-16)26-19(25)11-18(22-13(2)24)14-3-5-15(20)6-4-14/h3-10,18H,11H2,1-2H3,(H,21,23)(H,22,24)/t18-/m0/s1. The Morgan fingerprint density at radius 3 is 2.12 bits per heavy atom. The van der Waals surface area contributed by atoms with Gasteiger partial charge in [-0.15, -0.1) is 0 Å². The molecule has 2 N–H and O–H groups in total. The predicted molar refractivity (Wildman–Crippen MR) is 99.0 cm³/mol. The molecule has 0 saturated carbocycles. The lowest BCUT2D eigenvalue weighted by molar-refractivity contribution is -0.135. The molecule has 2 aromatic carbocycles. The van der Waals surface area contributed by atoms with Crippen molar-refractivity contribution in [1.29, 1.82) is 0 Å². The summed E-state index contributed by atoms with van der Waals surface area (Å²) >= 11 is 5.87. The number of amides is 2. The maximum absolute atomic E-state index is 12.2. The van der Waals surface area contributed by atoms with E-state index in [2.05, 4.69) is 10.6 Å². The van der Waals surface area contributed by atoms with Crippen LogP contribution in [0.1, 0.15) is 31.9 Å². The number of hydrogen-bond donors (Lipinski definition) is 2. The summed E-state index contributed by atoms with van der Waals surface area (Å²) in [5, 5.41) is 5.93. The molecule has 0 heterocycles. The molecular formula is C19H19ClN2O4. The minimum Gasteiger partial charge on any atom is -0.426 e. The second kappa shape index (κ2) is 9.01. The molecule has 0 unspecified atom stereocenters. The quantitative estimate of drug-likeness (QED) is 0.599. The molecule has 0 aliphatic rings. The maximum atomic E-state index is 12.2. The summed E-state index contributed by atoms with van der Waals surface area (Å²) in [4.78, 5) is 34.7. The highest BCUT2D eigenvalue weighted by atomic mass is 35.5. The first-order chi connectivity index (χ1) is 12.3. The van der Waals surface area contributed by atoms with E-state index in [1.807, 2.05) is 0 Å². The van der Waals surface area contributed by atoms with Crippen LogP contribution in [0.3, 0.4) is 0 Å². The molecule has 0 bridgehead atoms. The van der Waals surface area contributed by atoms with Crippen LogP contribution >= 0.6 is 11.6 Å². The molecule has 7 heteroatoms. The Morgan fingerprint density at radius 2 is 1.58 bits per heavy atom. The minimum absolute atomic E-state index is 0.0331. The zero-order valence-electron chi connectivity index (χ0n) is 14.4. The van der Waals surface area contributed by atoms with Crippen molar-refractivity contribution in [3.8, 4) is 5.75 Å². The minimum atomic E-state index is -0.518. The largest absolute Gasteiger partial charge is 0.426 e. The number of anilines is 1. The molecule has 2 aromatic rings. The van der Waals surface area contributed by atoms with E-state index in [0.717, 1.165) is 5.56 Å². The van der Waals surface area contributed by atoms with E-state index < -0.39 is 12.0 Å². The Hall–Kier alpha value is -2.86. The number of hydrogen-bond acceptors (Lipinski definition) is 4. The van der Waals surface area contributed by atoms with E-state index >= 15 is 0 Å². The van der Waals surface area contributed by atoms with E-state index in [1.54, 1.807) is 48.5 Å². The molecule has 0 saturated heterocycles. The van der Waals surface area contributed by atoms with Gasteiger partial charge < -0.3 is 15.4 Å². The van der Waals surface area contributed by atoms with Gasteiger partial charge in [0, 0.05) is 24.6 Å². The SMILES string of the molecule is CC(=O)Nc1ccc(OC(=O)C[C@H](NC(C)=O)c2ccc(Cl)cc2)cc1. The molecule has 26 heavy (non-hydrogen) atoms. The third-order valence-electron chi connectivity index (χ3n) is 3.43. The van der Waals surface area contributed by atoms with Gasteiger partial charge in [0.25, 0.3) is 0 Å². The number of nitrogens with one attached hydrogen (secondary N) is 2. The lowest BCUT2D eigenvalue weighted by Gasteiger charge is -2.17. The van der Waals surface area contributed by atoms with Crippen LogP contribution in [-0.2, 0) is 14.4 Å². The lowest BCUT2D eigenvalue weighted by Crippen LogP contribution is -2.29. The summed E-state index contributed by atoms with van der Waals surface area (Å²) in [6.45, 7) is 2.79. The normalized spacial score (nSPS) is 11.3. The lowest BCUT2D eigenvalue weighted by atomic mass is 10.0. The predicted octanol–water partition coefficient (Wildman–Crippen LogP) is 3.47. The van der Waals surface area contributed by atoms with Gasteiger partial charge in [-0.1, -0.05) is 23.7 Å². The Bertz CT molecular complexity index is 788. The zero-order chi connectivity index (χ0) is 19.1. The van der Waals surface area contributed by atoms with Gasteiger partial charge in [0.15, 0.2) is 0 Å². The van der Waals surface area contributed by atoms with Crippen molar-refractivity contribution in [2.75, 3.05) is 5.32 Å². The second-order valence-electron chi connectivity index (χ2n) is 5.69. The number of rotatable bonds is 6. The van der Waals surface area contributed by atoms with Crippen LogP contribution in [0.4, 0.5) is 5.69 Å². The van der Waals surface area contributed by atoms with Crippen LogP contribution in [0.2, 0.25) is 5.02 Å². The molecule has 6 nitrogen and oxygen atoms in total. The molecule has 2 amide bonds. The molecule has 1 atom stereocenters. The summed E-state index contributed by atoms with van der Waals surface area (Å²) in [5.41, 5.74) is 1.36. The molecule has 0 radical (unpaired) electrons. The van der Waals surface area contributed by atoms with Crippen molar-refractivity contribution >= 4 is 35.1 Å². The van der Waals surface area contributed by atoms with Gasteiger partial charge in [-0.3, -0.25) is 14.4 Å². The molecule has 0 fully saturated rings. The fraction of sp³-hybridized carbons (Fsp3) is 0.211. The molecule has 0 aliphatic carbocycles. The van der Waals surface area contributed by atoms with E-state index in [4.69, 9.17) is 16.3 Å². The summed E-state index contributed by atoms with van der Waals surface area (Å²) < 4.78 is 5.30. The van der Waals surface area contributed by atoms with Crippen molar-refractivity contribution in [3.63, 3.8) is 0 Å². The van der Waals surface area contributed by atoms with Crippen molar-refractivity contribution in [2.24, 2.45) is 0 Å². The van der Waals surface area contributed by atoms with Gasteiger partial charge in [0.2, 0.25) is 11.8 Å². The summed E-state index contributed by atoms with van der Waals surface area (Å²) in [5.74, 6) is -0.582. The molecule has 0 aliphatic heterocycles. The van der Waals surface area contributed by atoms with Gasteiger partial charge in [-0.25, -0.2) is 0 Å². The maximum Gasteiger partial charge on any atom is 0.313 e. The smallest absolute Gasteiger partial charge is 0.313 e. The average molecular weight is 375 g/mol. The monoisotopic (exact) mass is 374 g/mol. The van der Waals surface area contributed by atoms with Gasteiger partial charge in [0.05, 0.1) is 12.5 Å². The summed E-state index contributed by atoms with van der Waals surface area (Å²) in [6, 6.07) is 12.8. The molecule has 0 spiro atoms. The third-order valence-corrected chi connectivity index (χ3v) is 3.68. The number of esters is 1. The second-order valence-corrected chi connectivity index (χ2v) is 6.12. The van der Waals surface area contributed by atoms with Crippen molar-refractivity contribution in [1.82, 2.24) is 5.32 Å². The van der Waals surface area contributed by atoms with Crippen LogP contribution in [0, 0.1) is 0 Å². The first kappa shape index (κ1) is 19.5. The molecule has 2 rings (SSSR count). The molecule has 0 aromatic heterocycles. The van der Waals surface area contributed by atoms with Crippen LogP contribution < -0.4 is 15.4 Å². The van der Waals surface area contributed by atoms with Crippen LogP contribution in [0.5, 0.6) is 5.75 Å².